The minimum atomic E-state index is -3.34. The fourth-order valence-corrected chi connectivity index (χ4v) is 13.3. The summed E-state index contributed by atoms with van der Waals surface area (Å²) in [7, 11) is -3.34. The molecule has 9 rings (SSSR count). The van der Waals surface area contributed by atoms with E-state index in [1.54, 1.807) is 12.5 Å². The molecule has 0 bridgehead atoms. The number of benzene rings is 4. The van der Waals surface area contributed by atoms with Crippen LogP contribution in [0.25, 0.3) is 11.1 Å². The monoisotopic (exact) mass is 662 g/mol. The van der Waals surface area contributed by atoms with Gasteiger partial charge in [0.1, 0.15) is 29.5 Å². The molecule has 3 unspecified atom stereocenters. The molecule has 4 N–H and O–H groups in total. The third-order valence-corrected chi connectivity index (χ3v) is 15.7. The highest BCUT2D eigenvalue weighted by molar-refractivity contribution is 7.80. The molecule has 3 atom stereocenters. The van der Waals surface area contributed by atoms with Crippen molar-refractivity contribution in [2.24, 2.45) is 0 Å². The lowest BCUT2D eigenvalue weighted by Gasteiger charge is -2.43. The van der Waals surface area contributed by atoms with Crippen molar-refractivity contribution in [1.29, 1.82) is 0 Å². The third kappa shape index (κ3) is 3.71. The summed E-state index contributed by atoms with van der Waals surface area (Å²) in [4.78, 5) is 0. The van der Waals surface area contributed by atoms with Crippen molar-refractivity contribution in [3.63, 3.8) is 0 Å². The van der Waals surface area contributed by atoms with E-state index in [9.17, 15) is 0 Å². The van der Waals surface area contributed by atoms with Crippen molar-refractivity contribution in [3.05, 3.63) is 143 Å². The molecule has 6 aromatic rings. The lowest BCUT2D eigenvalue weighted by molar-refractivity contribution is 0.382. The summed E-state index contributed by atoms with van der Waals surface area (Å²) in [6, 6.07) is 34.1. The molecule has 0 fully saturated rings. The van der Waals surface area contributed by atoms with Gasteiger partial charge in [-0.15, -0.1) is 0 Å². The predicted octanol–water partition coefficient (Wildman–Crippen LogP) is 7.53. The van der Waals surface area contributed by atoms with Gasteiger partial charge in [-0.3, -0.25) is 0 Å². The summed E-state index contributed by atoms with van der Waals surface area (Å²) in [5.41, 5.74) is 22.5. The second-order valence-corrected chi connectivity index (χ2v) is 18.0. The van der Waals surface area contributed by atoms with Gasteiger partial charge in [0.15, 0.2) is 7.14 Å². The highest BCUT2D eigenvalue weighted by Crippen LogP contribution is 2.65. The highest BCUT2D eigenvalue weighted by Gasteiger charge is 2.59. The summed E-state index contributed by atoms with van der Waals surface area (Å²) in [5, 5.41) is 1.54. The van der Waals surface area contributed by atoms with Gasteiger partial charge in [-0.05, 0) is 58.6 Å². The van der Waals surface area contributed by atoms with Gasteiger partial charge in [0.2, 0.25) is 6.71 Å². The fraction of sp³-hybridized carbons (Fsp3) is 0.238. The number of nitrogens with two attached hydrogens (primary N) is 2. The van der Waals surface area contributed by atoms with Crippen LogP contribution in [-0.4, -0.2) is 12.4 Å². The summed E-state index contributed by atoms with van der Waals surface area (Å²) in [6.07, 6.45) is 4.73. The first kappa shape index (κ1) is 30.4. The van der Waals surface area contributed by atoms with Crippen LogP contribution < -0.4 is 33.0 Å². The quantitative estimate of drug-likeness (QED) is 0.147. The Morgan fingerprint density at radius 3 is 1.94 bits per heavy atom. The van der Waals surface area contributed by atoms with E-state index in [0.717, 1.165) is 50.8 Å². The Bertz CT molecular complexity index is 2310. The lowest BCUT2D eigenvalue weighted by atomic mass is 9.30. The van der Waals surface area contributed by atoms with Gasteiger partial charge in [0.25, 0.3) is 0 Å². The maximum atomic E-state index is 16.3. The van der Waals surface area contributed by atoms with Crippen LogP contribution in [0.4, 0.5) is 11.4 Å². The second-order valence-electron chi connectivity index (χ2n) is 14.8. The number of furan rings is 2. The molecule has 3 aliphatic rings. The normalized spacial score (nSPS) is 21.4. The Morgan fingerprint density at radius 1 is 0.714 bits per heavy atom. The molecule has 49 heavy (non-hydrogen) atoms. The zero-order valence-corrected chi connectivity index (χ0v) is 29.3. The molecule has 7 heteroatoms. The third-order valence-electron chi connectivity index (χ3n) is 12.0. The standard InChI is InChI=1S/C42H40BN2O3P/c1-25(2)43-33-19-11-9-17-31(33)41(4,39-37(43)34(44)23-47-39)22-21-26(3)49(46)36-20-12-10-18-32(36)42(40-38(49)35(45)24-48-40)29-15-7-5-13-27(29)28-14-6-8-16-30(28)42/h5-20,23-26H,21-22,44-45H2,1-4H3. The number of hydrogen-bond acceptors (Lipinski definition) is 5. The topological polar surface area (TPSA) is 95.4 Å². The van der Waals surface area contributed by atoms with Crippen molar-refractivity contribution in [2.45, 2.75) is 62.8 Å². The van der Waals surface area contributed by atoms with Crippen LogP contribution in [0, 0.1) is 0 Å². The number of rotatable bonds is 5. The van der Waals surface area contributed by atoms with Gasteiger partial charge < -0.3 is 24.9 Å². The molecule has 2 aromatic heterocycles. The first-order valence-corrected chi connectivity index (χ1v) is 19.2. The minimum Gasteiger partial charge on any atom is -0.467 e. The predicted molar refractivity (Wildman–Crippen MR) is 202 cm³/mol. The maximum Gasteiger partial charge on any atom is 0.219 e. The molecule has 0 amide bonds. The summed E-state index contributed by atoms with van der Waals surface area (Å²) >= 11 is 0. The molecule has 2 aliphatic heterocycles. The number of anilines is 2. The van der Waals surface area contributed by atoms with Crippen molar-refractivity contribution < 1.29 is 13.4 Å². The highest BCUT2D eigenvalue weighted by atomic mass is 31.2. The molecular formula is C42H40BN2O3P. The zero-order chi connectivity index (χ0) is 33.9. The van der Waals surface area contributed by atoms with Gasteiger partial charge in [-0.1, -0.05) is 129 Å². The fourth-order valence-electron chi connectivity index (χ4n) is 9.82. The van der Waals surface area contributed by atoms with Crippen LogP contribution in [0.15, 0.2) is 118 Å². The van der Waals surface area contributed by atoms with Gasteiger partial charge in [0, 0.05) is 16.4 Å². The molecule has 4 aromatic carbocycles. The number of fused-ring (bicyclic) bond motifs is 11. The summed E-state index contributed by atoms with van der Waals surface area (Å²) < 4.78 is 29.2. The molecule has 1 aliphatic carbocycles. The summed E-state index contributed by atoms with van der Waals surface area (Å²) in [5.74, 6) is 1.96. The summed E-state index contributed by atoms with van der Waals surface area (Å²) in [6.45, 7) is 9.04. The molecule has 5 nitrogen and oxygen atoms in total. The van der Waals surface area contributed by atoms with E-state index in [0.29, 0.717) is 34.7 Å². The van der Waals surface area contributed by atoms with Crippen LogP contribution in [0.5, 0.6) is 0 Å². The van der Waals surface area contributed by atoms with Crippen LogP contribution in [0.1, 0.15) is 74.3 Å². The van der Waals surface area contributed by atoms with E-state index < -0.39 is 18.0 Å². The van der Waals surface area contributed by atoms with Crippen LogP contribution in [0.3, 0.4) is 0 Å². The van der Waals surface area contributed by atoms with Crippen molar-refractivity contribution >= 4 is 46.8 Å². The smallest absolute Gasteiger partial charge is 0.219 e. The maximum absolute atomic E-state index is 16.3. The van der Waals surface area contributed by atoms with Crippen molar-refractivity contribution in [3.8, 4) is 11.1 Å². The Kier molecular flexibility index (Phi) is 6.46. The van der Waals surface area contributed by atoms with Gasteiger partial charge in [-0.2, -0.15) is 0 Å². The number of nitrogen functional groups attached to an aromatic ring is 2. The SMILES string of the molecule is CC(C)B1c2ccccc2C(C)(CCC(C)P2(=O)c3ccccc3C3(c4ccccc4-c4ccccc43)c3occ(N)c32)c2occ(N)c21. The Morgan fingerprint density at radius 2 is 1.27 bits per heavy atom. The second kappa shape index (κ2) is 10.4. The van der Waals surface area contributed by atoms with E-state index in [4.69, 9.17) is 20.3 Å². The molecule has 1 spiro atoms. The largest absolute Gasteiger partial charge is 0.467 e. The molecule has 0 saturated heterocycles. The molecule has 244 valence electrons. The molecule has 0 radical (unpaired) electrons. The van der Waals surface area contributed by atoms with Gasteiger partial charge in [0.05, 0.1) is 16.7 Å². The number of hydrogen-bond donors (Lipinski definition) is 2. The van der Waals surface area contributed by atoms with E-state index in [2.05, 4.69) is 119 Å². The Balaban J connectivity index is 1.20. The minimum absolute atomic E-state index is 0.153. The van der Waals surface area contributed by atoms with Crippen LogP contribution >= 0.6 is 7.14 Å². The molecule has 0 saturated carbocycles. The van der Waals surface area contributed by atoms with Crippen molar-refractivity contribution in [1.82, 2.24) is 0 Å². The van der Waals surface area contributed by atoms with E-state index in [1.807, 2.05) is 6.07 Å². The average molecular weight is 663 g/mol. The van der Waals surface area contributed by atoms with E-state index in [-0.39, 0.29) is 12.4 Å². The molecule has 4 heterocycles. The first-order valence-electron chi connectivity index (χ1n) is 17.4. The molecular weight excluding hydrogens is 622 g/mol. The van der Waals surface area contributed by atoms with Crippen LogP contribution in [-0.2, 0) is 15.4 Å². The average Bonchev–Trinajstić information content (AvgIpc) is 3.79. The van der Waals surface area contributed by atoms with Crippen molar-refractivity contribution in [2.75, 3.05) is 11.5 Å². The Labute approximate surface area is 288 Å². The first-order chi connectivity index (χ1) is 23.6. The van der Waals surface area contributed by atoms with Gasteiger partial charge >= 0.3 is 0 Å². The van der Waals surface area contributed by atoms with Crippen LogP contribution in [0.2, 0.25) is 5.82 Å². The Hall–Kier alpha value is -4.67. The van der Waals surface area contributed by atoms with E-state index in [1.165, 1.54) is 11.0 Å². The zero-order valence-electron chi connectivity index (χ0n) is 28.4. The van der Waals surface area contributed by atoms with E-state index >= 15 is 4.57 Å². The van der Waals surface area contributed by atoms with Gasteiger partial charge in [-0.25, -0.2) is 0 Å². The lowest BCUT2D eigenvalue weighted by Crippen LogP contribution is -2.56.